The van der Waals surface area contributed by atoms with Gasteiger partial charge in [0.05, 0.1) is 35.2 Å². The Morgan fingerprint density at radius 1 is 1.00 bits per heavy atom. The van der Waals surface area contributed by atoms with Crippen molar-refractivity contribution in [3.05, 3.63) is 101 Å². The van der Waals surface area contributed by atoms with Crippen molar-refractivity contribution in [2.45, 2.75) is 84.8 Å². The van der Waals surface area contributed by atoms with Crippen molar-refractivity contribution in [1.82, 2.24) is 29.5 Å². The van der Waals surface area contributed by atoms with E-state index in [0.29, 0.717) is 54.4 Å². The Kier molecular flexibility index (Phi) is 14.5. The number of hydrogen-bond donors (Lipinski definition) is 1. The summed E-state index contributed by atoms with van der Waals surface area (Å²) in [6.07, 6.45) is 11.9. The van der Waals surface area contributed by atoms with Crippen LogP contribution in [0, 0.1) is 6.92 Å². The van der Waals surface area contributed by atoms with E-state index in [4.69, 9.17) is 14.2 Å². The van der Waals surface area contributed by atoms with Crippen LogP contribution in [0.5, 0.6) is 5.75 Å². The third-order valence-electron chi connectivity index (χ3n) is 9.23. The van der Waals surface area contributed by atoms with Crippen molar-refractivity contribution in [3.63, 3.8) is 0 Å². The van der Waals surface area contributed by atoms with Crippen molar-refractivity contribution in [2.75, 3.05) is 39.6 Å². The van der Waals surface area contributed by atoms with Crippen LogP contribution in [0.15, 0.2) is 78.9 Å². The average molecular weight is 783 g/mol. The van der Waals surface area contributed by atoms with Crippen molar-refractivity contribution >= 4 is 43.5 Å². The molecule has 0 radical (unpaired) electrons. The maximum Gasteiger partial charge on any atom is 0.419 e. The van der Waals surface area contributed by atoms with Gasteiger partial charge in [-0.25, -0.2) is 9.36 Å². The molecular formula is C43H58N6O6Si. The van der Waals surface area contributed by atoms with Crippen LogP contribution in [0.25, 0.3) is 17.0 Å². The summed E-state index contributed by atoms with van der Waals surface area (Å²) in [7, 11) is -1.34. The van der Waals surface area contributed by atoms with Crippen molar-refractivity contribution in [3.8, 4) is 5.75 Å². The minimum Gasteiger partial charge on any atom is -0.492 e. The second kappa shape index (κ2) is 19.2. The third kappa shape index (κ3) is 13.1. The van der Waals surface area contributed by atoms with Crippen LogP contribution in [0.3, 0.4) is 0 Å². The number of piperidine rings is 1. The molecule has 2 aromatic carbocycles. The van der Waals surface area contributed by atoms with Gasteiger partial charge in [0, 0.05) is 39.0 Å². The molecule has 0 unspecified atom stereocenters. The number of aromatic nitrogens is 3. The first kappa shape index (κ1) is 42.2. The number of amides is 2. The molecule has 0 bridgehead atoms. The van der Waals surface area contributed by atoms with Gasteiger partial charge >= 0.3 is 6.09 Å². The quantitative estimate of drug-likeness (QED) is 0.0378. The SMILES string of the molecule is Cc1ccc(Cn2cc(C(=O)NC(/C=C/c3cc4cc(OCCN5CCCCC5)ccc4n3C(=O)OC(C)(C)C)=C/N(C=O)COCC[Si](C)(C)C)cn2)cc1. The highest BCUT2D eigenvalue weighted by molar-refractivity contribution is 6.76. The summed E-state index contributed by atoms with van der Waals surface area (Å²) in [5.41, 5.74) is 3.27. The Morgan fingerprint density at radius 2 is 1.75 bits per heavy atom. The van der Waals surface area contributed by atoms with Crippen LogP contribution in [-0.2, 0) is 20.8 Å². The minimum atomic E-state index is -1.34. The van der Waals surface area contributed by atoms with Crippen LogP contribution in [0.1, 0.15) is 67.2 Å². The zero-order valence-corrected chi connectivity index (χ0v) is 35.0. The number of nitrogens with one attached hydrogen (secondary N) is 1. The number of hydrogen-bond acceptors (Lipinski definition) is 8. The molecule has 12 nitrogen and oxygen atoms in total. The van der Waals surface area contributed by atoms with Gasteiger partial charge in [-0.1, -0.05) is 55.9 Å². The molecule has 1 fully saturated rings. The summed E-state index contributed by atoms with van der Waals surface area (Å²) < 4.78 is 21.0. The highest BCUT2D eigenvalue weighted by Gasteiger charge is 2.22. The fraction of sp³-hybridized carbons (Fsp3) is 0.442. The van der Waals surface area contributed by atoms with Crippen LogP contribution in [0.2, 0.25) is 25.7 Å². The number of allylic oxidation sites excluding steroid dienone is 1. The van der Waals surface area contributed by atoms with Crippen molar-refractivity contribution < 1.29 is 28.6 Å². The number of benzene rings is 2. The van der Waals surface area contributed by atoms with E-state index in [0.717, 1.165) is 42.2 Å². The molecule has 2 aromatic heterocycles. The normalized spacial score (nSPS) is 14.3. The lowest BCUT2D eigenvalue weighted by atomic mass is 10.1. The summed E-state index contributed by atoms with van der Waals surface area (Å²) in [6, 6.07) is 16.6. The molecule has 2 amide bonds. The van der Waals surface area contributed by atoms with E-state index in [2.05, 4.69) is 35.0 Å². The Hall–Kier alpha value is -4.98. The van der Waals surface area contributed by atoms with Crippen molar-refractivity contribution in [2.24, 2.45) is 0 Å². The molecular weight excluding hydrogens is 725 g/mol. The molecule has 13 heteroatoms. The van der Waals surface area contributed by atoms with E-state index in [1.54, 1.807) is 23.0 Å². The number of carbonyl (C=O) groups excluding carboxylic acids is 3. The summed E-state index contributed by atoms with van der Waals surface area (Å²) >= 11 is 0. The van der Waals surface area contributed by atoms with E-state index in [-0.39, 0.29) is 6.73 Å². The number of ether oxygens (including phenoxy) is 3. The highest BCUT2D eigenvalue weighted by atomic mass is 28.3. The van der Waals surface area contributed by atoms with Crippen LogP contribution in [-0.4, -0.2) is 95.8 Å². The zero-order valence-electron chi connectivity index (χ0n) is 34.0. The topological polar surface area (TPSA) is 120 Å². The van der Waals surface area contributed by atoms with E-state index < -0.39 is 25.7 Å². The second-order valence-corrected chi connectivity index (χ2v) is 22.2. The van der Waals surface area contributed by atoms with Crippen LogP contribution >= 0.6 is 0 Å². The van der Waals surface area contributed by atoms with Gasteiger partial charge in [0.25, 0.3) is 5.91 Å². The van der Waals surface area contributed by atoms with E-state index in [1.807, 2.05) is 76.2 Å². The van der Waals surface area contributed by atoms with Gasteiger partial charge in [0.1, 0.15) is 24.7 Å². The fourth-order valence-corrected chi connectivity index (χ4v) is 6.94. The summed E-state index contributed by atoms with van der Waals surface area (Å²) in [5.74, 6) is 0.290. The van der Waals surface area contributed by atoms with Gasteiger partial charge in [-0.3, -0.25) is 24.1 Å². The number of aryl methyl sites for hydroxylation is 1. The lowest BCUT2D eigenvalue weighted by Crippen LogP contribution is -2.33. The van der Waals surface area contributed by atoms with Crippen LogP contribution < -0.4 is 10.1 Å². The van der Waals surface area contributed by atoms with E-state index in [1.165, 1.54) is 41.1 Å². The Labute approximate surface area is 332 Å². The fourth-order valence-electron chi connectivity index (χ4n) is 6.18. The Bertz CT molecular complexity index is 2000. The molecule has 0 atom stereocenters. The average Bonchev–Trinajstić information content (AvgIpc) is 3.76. The second-order valence-electron chi connectivity index (χ2n) is 16.6. The molecule has 0 aliphatic carbocycles. The molecule has 1 saturated heterocycles. The summed E-state index contributed by atoms with van der Waals surface area (Å²) in [4.78, 5) is 43.3. The molecule has 300 valence electrons. The first-order chi connectivity index (χ1) is 26.7. The molecule has 1 N–H and O–H groups in total. The van der Waals surface area contributed by atoms with Gasteiger partial charge in [-0.15, -0.1) is 0 Å². The highest BCUT2D eigenvalue weighted by Crippen LogP contribution is 2.27. The number of carbonyl (C=O) groups is 3. The molecule has 56 heavy (non-hydrogen) atoms. The van der Waals surface area contributed by atoms with Gasteiger partial charge in [0.2, 0.25) is 6.41 Å². The van der Waals surface area contributed by atoms with Gasteiger partial charge in [0.15, 0.2) is 0 Å². The summed E-state index contributed by atoms with van der Waals surface area (Å²) in [5, 5.41) is 8.12. The number of nitrogens with zero attached hydrogens (tertiary/aromatic N) is 5. The lowest BCUT2D eigenvalue weighted by Gasteiger charge is -2.26. The van der Waals surface area contributed by atoms with E-state index >= 15 is 0 Å². The molecule has 1 aliphatic heterocycles. The number of rotatable bonds is 17. The Balaban J connectivity index is 1.41. The lowest BCUT2D eigenvalue weighted by molar-refractivity contribution is -0.119. The maximum absolute atomic E-state index is 13.7. The van der Waals surface area contributed by atoms with Crippen molar-refractivity contribution in [1.29, 1.82) is 0 Å². The van der Waals surface area contributed by atoms with Gasteiger partial charge in [-0.05, 0) is 102 Å². The smallest absolute Gasteiger partial charge is 0.419 e. The molecule has 0 saturated carbocycles. The zero-order chi connectivity index (χ0) is 40.3. The molecule has 3 heterocycles. The minimum absolute atomic E-state index is 0.00831. The third-order valence-corrected chi connectivity index (χ3v) is 10.9. The predicted octanol–water partition coefficient (Wildman–Crippen LogP) is 7.90. The summed E-state index contributed by atoms with van der Waals surface area (Å²) in [6.45, 7) is 18.9. The van der Waals surface area contributed by atoms with E-state index in [9.17, 15) is 14.4 Å². The number of likely N-dealkylation sites (tertiary alicyclic amines) is 1. The first-order valence-electron chi connectivity index (χ1n) is 19.5. The first-order valence-corrected chi connectivity index (χ1v) is 23.2. The molecule has 0 spiro atoms. The molecule has 5 rings (SSSR count). The maximum atomic E-state index is 13.7. The largest absolute Gasteiger partial charge is 0.492 e. The number of fused-ring (bicyclic) bond motifs is 1. The van der Waals surface area contributed by atoms with Gasteiger partial charge in [-0.2, -0.15) is 5.10 Å². The molecule has 1 aliphatic rings. The molecule has 4 aromatic rings. The van der Waals surface area contributed by atoms with Gasteiger partial charge < -0.3 is 19.5 Å². The standard InChI is InChI=1S/C43H58N6O6Si/c1-33-11-13-34(14-12-33)28-48-29-36(27-44-48)41(51)45-37(30-47(31-50)32-53-23-24-56(5,6)7)15-16-38-25-35-26-39(54-22-21-46-19-9-8-10-20-46)17-18-40(35)49(38)42(52)55-43(2,3)4/h11-18,25-27,29-31H,8-10,19-24,28,32H2,1-7H3,(H,45,51)/b16-15+,37-30+. The monoisotopic (exact) mass is 782 g/mol. The Morgan fingerprint density at radius 3 is 2.45 bits per heavy atom. The predicted molar refractivity (Wildman–Crippen MR) is 223 cm³/mol. The van der Waals surface area contributed by atoms with Crippen LogP contribution in [0.4, 0.5) is 4.79 Å².